The molecule has 0 saturated heterocycles. The molecular weight excluding hydrogens is 200 g/mol. The highest BCUT2D eigenvalue weighted by atomic mass is 16.5. The van der Waals surface area contributed by atoms with E-state index >= 15 is 0 Å². The summed E-state index contributed by atoms with van der Waals surface area (Å²) in [5, 5.41) is 9.31. The Hall–Kier alpha value is -0.860. The predicted molar refractivity (Wildman–Crippen MR) is 66.2 cm³/mol. The first-order valence-corrected chi connectivity index (χ1v) is 6.00. The van der Waals surface area contributed by atoms with Gasteiger partial charge in [0.2, 0.25) is 0 Å². The minimum absolute atomic E-state index is 0.214. The van der Waals surface area contributed by atoms with Crippen LogP contribution in [0.2, 0.25) is 0 Å². The molecule has 2 nitrogen and oxygen atoms in total. The SMILES string of the molecule is CC(O)C(C)CCCOCc1ccccc1. The van der Waals surface area contributed by atoms with Gasteiger partial charge in [-0.3, -0.25) is 0 Å². The predicted octanol–water partition coefficient (Wildman–Crippen LogP) is 3.00. The second-order valence-corrected chi connectivity index (χ2v) is 4.40. The molecule has 2 atom stereocenters. The lowest BCUT2D eigenvalue weighted by Gasteiger charge is -2.13. The highest BCUT2D eigenvalue weighted by Gasteiger charge is 2.07. The van der Waals surface area contributed by atoms with Crippen molar-refractivity contribution in [3.8, 4) is 0 Å². The molecule has 0 aromatic heterocycles. The van der Waals surface area contributed by atoms with Crippen LogP contribution in [0.1, 0.15) is 32.3 Å². The lowest BCUT2D eigenvalue weighted by atomic mass is 10.0. The number of rotatable bonds is 7. The number of aliphatic hydroxyl groups excluding tert-OH is 1. The van der Waals surface area contributed by atoms with E-state index in [2.05, 4.69) is 19.1 Å². The molecule has 16 heavy (non-hydrogen) atoms. The van der Waals surface area contributed by atoms with Gasteiger partial charge in [-0.25, -0.2) is 0 Å². The number of hydrogen-bond acceptors (Lipinski definition) is 2. The molecule has 90 valence electrons. The molecule has 1 N–H and O–H groups in total. The summed E-state index contributed by atoms with van der Waals surface area (Å²) in [5.74, 6) is 0.361. The molecule has 0 aliphatic heterocycles. The normalized spacial score (nSPS) is 14.7. The van der Waals surface area contributed by atoms with Crippen molar-refractivity contribution in [2.45, 2.75) is 39.4 Å². The van der Waals surface area contributed by atoms with E-state index in [1.54, 1.807) is 0 Å². The van der Waals surface area contributed by atoms with Crippen molar-refractivity contribution in [1.29, 1.82) is 0 Å². The summed E-state index contributed by atoms with van der Waals surface area (Å²) in [5.41, 5.74) is 1.21. The van der Waals surface area contributed by atoms with Crippen LogP contribution in [0.15, 0.2) is 30.3 Å². The third kappa shape index (κ3) is 5.29. The van der Waals surface area contributed by atoms with Crippen LogP contribution in [0.25, 0.3) is 0 Å². The highest BCUT2D eigenvalue weighted by molar-refractivity contribution is 5.13. The zero-order chi connectivity index (χ0) is 11.8. The van der Waals surface area contributed by atoms with Crippen LogP contribution in [0.5, 0.6) is 0 Å². The van der Waals surface area contributed by atoms with Crippen LogP contribution < -0.4 is 0 Å². The summed E-state index contributed by atoms with van der Waals surface area (Å²) in [4.78, 5) is 0. The Morgan fingerprint density at radius 1 is 1.19 bits per heavy atom. The molecule has 0 fully saturated rings. The average molecular weight is 222 g/mol. The molecule has 0 aliphatic carbocycles. The Bertz CT molecular complexity index is 269. The molecule has 2 heteroatoms. The Balaban J connectivity index is 2.04. The van der Waals surface area contributed by atoms with Crippen LogP contribution in [-0.2, 0) is 11.3 Å². The molecule has 2 unspecified atom stereocenters. The van der Waals surface area contributed by atoms with Crippen LogP contribution in [0.3, 0.4) is 0 Å². The second kappa shape index (κ2) is 7.42. The van der Waals surface area contributed by atoms with Gasteiger partial charge >= 0.3 is 0 Å². The van der Waals surface area contributed by atoms with E-state index in [1.165, 1.54) is 5.56 Å². The Kier molecular flexibility index (Phi) is 6.12. The van der Waals surface area contributed by atoms with E-state index in [4.69, 9.17) is 4.74 Å². The standard InChI is InChI=1S/C14H22O2/c1-12(13(2)15)7-6-10-16-11-14-8-4-3-5-9-14/h3-5,8-9,12-13,15H,6-7,10-11H2,1-2H3. The number of ether oxygens (including phenoxy) is 1. The molecule has 1 rings (SSSR count). The fraction of sp³-hybridized carbons (Fsp3) is 0.571. The summed E-state index contributed by atoms with van der Waals surface area (Å²) < 4.78 is 5.57. The molecule has 0 bridgehead atoms. The fourth-order valence-electron chi connectivity index (χ4n) is 1.51. The summed E-state index contributed by atoms with van der Waals surface area (Å²) in [6.07, 6.45) is 1.82. The van der Waals surface area contributed by atoms with E-state index in [9.17, 15) is 5.11 Å². The van der Waals surface area contributed by atoms with Crippen molar-refractivity contribution in [1.82, 2.24) is 0 Å². The third-order valence-corrected chi connectivity index (χ3v) is 2.88. The number of aliphatic hydroxyl groups is 1. The summed E-state index contributed by atoms with van der Waals surface area (Å²) >= 11 is 0. The van der Waals surface area contributed by atoms with Gasteiger partial charge in [0.25, 0.3) is 0 Å². The van der Waals surface area contributed by atoms with Crippen LogP contribution in [-0.4, -0.2) is 17.8 Å². The summed E-state index contributed by atoms with van der Waals surface area (Å²) in [6, 6.07) is 10.2. The quantitative estimate of drug-likeness (QED) is 0.719. The van der Waals surface area contributed by atoms with Crippen LogP contribution >= 0.6 is 0 Å². The Morgan fingerprint density at radius 2 is 1.88 bits per heavy atom. The fourth-order valence-corrected chi connectivity index (χ4v) is 1.51. The lowest BCUT2D eigenvalue weighted by Crippen LogP contribution is -2.13. The van der Waals surface area contributed by atoms with Crippen molar-refractivity contribution >= 4 is 0 Å². The first kappa shape index (κ1) is 13.2. The van der Waals surface area contributed by atoms with Gasteiger partial charge in [0.05, 0.1) is 12.7 Å². The topological polar surface area (TPSA) is 29.5 Å². The Morgan fingerprint density at radius 3 is 2.50 bits per heavy atom. The van der Waals surface area contributed by atoms with Gasteiger partial charge in [-0.15, -0.1) is 0 Å². The summed E-state index contributed by atoms with van der Waals surface area (Å²) in [7, 11) is 0. The van der Waals surface area contributed by atoms with Gasteiger partial charge in [-0.2, -0.15) is 0 Å². The number of hydrogen-bond donors (Lipinski definition) is 1. The Labute approximate surface area is 98.3 Å². The van der Waals surface area contributed by atoms with Gasteiger partial charge in [0.15, 0.2) is 0 Å². The average Bonchev–Trinajstić information content (AvgIpc) is 2.29. The molecule has 0 saturated carbocycles. The van der Waals surface area contributed by atoms with Crippen molar-refractivity contribution in [2.75, 3.05) is 6.61 Å². The molecule has 0 spiro atoms. The van der Waals surface area contributed by atoms with E-state index in [0.717, 1.165) is 19.4 Å². The summed E-state index contributed by atoms with van der Waals surface area (Å²) in [6.45, 7) is 5.37. The van der Waals surface area contributed by atoms with Gasteiger partial charge in [0.1, 0.15) is 0 Å². The zero-order valence-electron chi connectivity index (χ0n) is 10.2. The molecule has 1 aromatic carbocycles. The second-order valence-electron chi connectivity index (χ2n) is 4.40. The van der Waals surface area contributed by atoms with Crippen LogP contribution in [0, 0.1) is 5.92 Å². The first-order valence-electron chi connectivity index (χ1n) is 6.00. The van der Waals surface area contributed by atoms with Gasteiger partial charge in [0, 0.05) is 6.61 Å². The molecule has 0 radical (unpaired) electrons. The molecule has 0 aliphatic rings. The lowest BCUT2D eigenvalue weighted by molar-refractivity contribution is 0.0951. The van der Waals surface area contributed by atoms with Crippen molar-refractivity contribution < 1.29 is 9.84 Å². The maximum Gasteiger partial charge on any atom is 0.0716 e. The van der Waals surface area contributed by atoms with Crippen molar-refractivity contribution in [3.63, 3.8) is 0 Å². The van der Waals surface area contributed by atoms with E-state index < -0.39 is 0 Å². The van der Waals surface area contributed by atoms with Gasteiger partial charge < -0.3 is 9.84 Å². The molecule has 0 amide bonds. The minimum atomic E-state index is -0.214. The highest BCUT2D eigenvalue weighted by Crippen LogP contribution is 2.10. The molecule has 0 heterocycles. The van der Waals surface area contributed by atoms with E-state index in [0.29, 0.717) is 12.5 Å². The monoisotopic (exact) mass is 222 g/mol. The van der Waals surface area contributed by atoms with Crippen molar-refractivity contribution in [3.05, 3.63) is 35.9 Å². The first-order chi connectivity index (χ1) is 7.70. The smallest absolute Gasteiger partial charge is 0.0716 e. The van der Waals surface area contributed by atoms with Crippen molar-refractivity contribution in [2.24, 2.45) is 5.92 Å². The zero-order valence-corrected chi connectivity index (χ0v) is 10.2. The van der Waals surface area contributed by atoms with Gasteiger partial charge in [-0.05, 0) is 31.2 Å². The molecular formula is C14H22O2. The van der Waals surface area contributed by atoms with Gasteiger partial charge in [-0.1, -0.05) is 37.3 Å². The number of benzene rings is 1. The maximum atomic E-state index is 9.31. The van der Waals surface area contributed by atoms with E-state index in [-0.39, 0.29) is 6.10 Å². The maximum absolute atomic E-state index is 9.31. The molecule has 1 aromatic rings. The van der Waals surface area contributed by atoms with E-state index in [1.807, 2.05) is 25.1 Å². The minimum Gasteiger partial charge on any atom is -0.393 e. The largest absolute Gasteiger partial charge is 0.393 e. The van der Waals surface area contributed by atoms with Crippen LogP contribution in [0.4, 0.5) is 0 Å². The third-order valence-electron chi connectivity index (χ3n) is 2.88.